The lowest BCUT2D eigenvalue weighted by Crippen LogP contribution is -2.69. The lowest BCUT2D eigenvalue weighted by atomic mass is 10.1. The van der Waals surface area contributed by atoms with E-state index in [9.17, 15) is 22.8 Å². The second-order valence-corrected chi connectivity index (χ2v) is 4.69. The third-order valence-corrected chi connectivity index (χ3v) is 3.04. The first-order valence-electron chi connectivity index (χ1n) is 6.61. The van der Waals surface area contributed by atoms with Crippen LogP contribution in [0.25, 0.3) is 0 Å². The Balaban J connectivity index is 3.39. The van der Waals surface area contributed by atoms with Crippen molar-refractivity contribution in [2.24, 2.45) is 0 Å². The Hall–Kier alpha value is -2.03. The molecule has 1 aromatic rings. The fraction of sp³-hybridized carbons (Fsp3) is 0.462. The van der Waals surface area contributed by atoms with Crippen LogP contribution in [0.2, 0.25) is 5.15 Å². The summed E-state index contributed by atoms with van der Waals surface area (Å²) in [4.78, 5) is 27.2. The maximum absolute atomic E-state index is 13.6. The first-order chi connectivity index (χ1) is 10.7. The van der Waals surface area contributed by atoms with Gasteiger partial charge < -0.3 is 15.4 Å². The molecule has 0 aliphatic rings. The lowest BCUT2D eigenvalue weighted by Gasteiger charge is -2.35. The highest BCUT2D eigenvalue weighted by Crippen LogP contribution is 2.34. The second kappa shape index (κ2) is 7.49. The molecule has 0 fully saturated rings. The van der Waals surface area contributed by atoms with Crippen LogP contribution in [-0.4, -0.2) is 35.3 Å². The van der Waals surface area contributed by atoms with Crippen molar-refractivity contribution in [1.82, 2.24) is 10.3 Å². The van der Waals surface area contributed by atoms with E-state index >= 15 is 0 Å². The molecule has 1 atom stereocenters. The smallest absolute Gasteiger partial charge is 0.441 e. The first-order valence-corrected chi connectivity index (χ1v) is 6.99. The number of aromatic nitrogens is 1. The molecule has 1 aromatic heterocycles. The van der Waals surface area contributed by atoms with Gasteiger partial charge in [-0.2, -0.15) is 13.2 Å². The Bertz CT molecular complexity index is 583. The molecule has 2 N–H and O–H groups in total. The number of amides is 1. The summed E-state index contributed by atoms with van der Waals surface area (Å²) < 4.78 is 45.4. The molecular formula is C13H15ClF3N3O3. The standard InChI is InChI=1S/C13H15ClF3N3O3/c1-3-9(21)20-12(13(15,16)17,11(22)23-4-2)19-8-6-5-7-18-10(8)14/h5-7,19H,3-4H2,1-2H3,(H,20,21). The summed E-state index contributed by atoms with van der Waals surface area (Å²) in [6.07, 6.45) is -4.19. The van der Waals surface area contributed by atoms with E-state index in [1.54, 1.807) is 5.32 Å². The summed E-state index contributed by atoms with van der Waals surface area (Å²) in [5.41, 5.74) is -3.75. The van der Waals surface area contributed by atoms with E-state index in [4.69, 9.17) is 11.6 Å². The Morgan fingerprint density at radius 2 is 2.00 bits per heavy atom. The van der Waals surface area contributed by atoms with Gasteiger partial charge in [0, 0.05) is 12.6 Å². The number of carbonyl (C=O) groups excluding carboxylic acids is 2. The van der Waals surface area contributed by atoms with Gasteiger partial charge in [-0.15, -0.1) is 0 Å². The zero-order valence-corrected chi connectivity index (χ0v) is 13.1. The summed E-state index contributed by atoms with van der Waals surface area (Å²) in [6.45, 7) is 2.39. The van der Waals surface area contributed by atoms with Gasteiger partial charge in [-0.1, -0.05) is 18.5 Å². The number of halogens is 4. The van der Waals surface area contributed by atoms with Gasteiger partial charge in [0.2, 0.25) is 5.91 Å². The fourth-order valence-electron chi connectivity index (χ4n) is 1.61. The number of rotatable bonds is 6. The van der Waals surface area contributed by atoms with E-state index in [0.29, 0.717) is 0 Å². The van der Waals surface area contributed by atoms with Crippen LogP contribution in [0.5, 0.6) is 0 Å². The molecule has 1 amide bonds. The third kappa shape index (κ3) is 4.25. The molecule has 128 valence electrons. The third-order valence-electron chi connectivity index (χ3n) is 2.74. The topological polar surface area (TPSA) is 80.3 Å². The molecule has 0 aliphatic heterocycles. The number of anilines is 1. The number of nitrogens with zero attached hydrogens (tertiary/aromatic N) is 1. The Kier molecular flexibility index (Phi) is 6.20. The minimum Gasteiger partial charge on any atom is -0.463 e. The molecule has 0 aliphatic carbocycles. The molecular weight excluding hydrogens is 339 g/mol. The number of hydrogen-bond donors (Lipinski definition) is 2. The Morgan fingerprint density at radius 1 is 1.35 bits per heavy atom. The average molecular weight is 354 g/mol. The molecule has 23 heavy (non-hydrogen) atoms. The van der Waals surface area contributed by atoms with Gasteiger partial charge in [-0.25, -0.2) is 9.78 Å². The van der Waals surface area contributed by atoms with Crippen LogP contribution < -0.4 is 10.6 Å². The van der Waals surface area contributed by atoms with Crippen molar-refractivity contribution in [2.75, 3.05) is 11.9 Å². The largest absolute Gasteiger partial charge is 0.463 e. The maximum atomic E-state index is 13.6. The predicted molar refractivity (Wildman–Crippen MR) is 76.7 cm³/mol. The monoisotopic (exact) mass is 353 g/mol. The molecule has 0 bridgehead atoms. The van der Waals surface area contributed by atoms with Gasteiger partial charge in [0.15, 0.2) is 5.15 Å². The van der Waals surface area contributed by atoms with Crippen molar-refractivity contribution in [1.29, 1.82) is 0 Å². The molecule has 0 saturated heterocycles. The summed E-state index contributed by atoms with van der Waals surface area (Å²) in [7, 11) is 0. The molecule has 1 heterocycles. The average Bonchev–Trinajstić information content (AvgIpc) is 2.47. The van der Waals surface area contributed by atoms with Crippen molar-refractivity contribution in [3.8, 4) is 0 Å². The molecule has 0 aromatic carbocycles. The number of ether oxygens (including phenoxy) is 1. The van der Waals surface area contributed by atoms with E-state index in [-0.39, 0.29) is 23.9 Å². The number of nitrogens with one attached hydrogen (secondary N) is 2. The normalized spacial score (nSPS) is 13.8. The number of esters is 1. The van der Waals surface area contributed by atoms with Crippen LogP contribution in [0.3, 0.4) is 0 Å². The van der Waals surface area contributed by atoms with Gasteiger partial charge in [0.25, 0.3) is 0 Å². The SMILES string of the molecule is CCOC(=O)C(NC(=O)CC)(Nc1cccnc1Cl)C(F)(F)F. The van der Waals surface area contributed by atoms with Crippen LogP contribution >= 0.6 is 11.6 Å². The van der Waals surface area contributed by atoms with Crippen LogP contribution in [0.15, 0.2) is 18.3 Å². The zero-order chi connectivity index (χ0) is 17.7. The molecule has 0 radical (unpaired) electrons. The van der Waals surface area contributed by atoms with E-state index in [1.807, 2.05) is 5.32 Å². The van der Waals surface area contributed by atoms with Gasteiger partial charge >= 0.3 is 17.8 Å². The van der Waals surface area contributed by atoms with Crippen molar-refractivity contribution in [3.05, 3.63) is 23.5 Å². The molecule has 6 nitrogen and oxygen atoms in total. The number of alkyl halides is 3. The van der Waals surface area contributed by atoms with E-state index in [2.05, 4.69) is 9.72 Å². The fourth-order valence-corrected chi connectivity index (χ4v) is 1.78. The molecule has 1 rings (SSSR count). The highest BCUT2D eigenvalue weighted by Gasteiger charge is 2.63. The predicted octanol–water partition coefficient (Wildman–Crippen LogP) is 2.49. The van der Waals surface area contributed by atoms with Crippen LogP contribution in [-0.2, 0) is 14.3 Å². The highest BCUT2D eigenvalue weighted by molar-refractivity contribution is 6.32. The van der Waals surface area contributed by atoms with E-state index < -0.39 is 23.7 Å². The van der Waals surface area contributed by atoms with Crippen molar-refractivity contribution >= 4 is 29.2 Å². The highest BCUT2D eigenvalue weighted by atomic mass is 35.5. The zero-order valence-electron chi connectivity index (χ0n) is 12.3. The maximum Gasteiger partial charge on any atom is 0.441 e. The van der Waals surface area contributed by atoms with Crippen molar-refractivity contribution < 1.29 is 27.5 Å². The molecule has 0 spiro atoms. The van der Waals surface area contributed by atoms with Crippen LogP contribution in [0.4, 0.5) is 18.9 Å². The van der Waals surface area contributed by atoms with Crippen LogP contribution in [0, 0.1) is 0 Å². The van der Waals surface area contributed by atoms with Gasteiger partial charge in [-0.3, -0.25) is 4.79 Å². The summed E-state index contributed by atoms with van der Waals surface area (Å²) >= 11 is 5.73. The van der Waals surface area contributed by atoms with E-state index in [0.717, 1.165) is 0 Å². The second-order valence-electron chi connectivity index (χ2n) is 4.34. The lowest BCUT2D eigenvalue weighted by molar-refractivity contribution is -0.207. The summed E-state index contributed by atoms with van der Waals surface area (Å²) in [5.74, 6) is -2.70. The van der Waals surface area contributed by atoms with Crippen molar-refractivity contribution in [2.45, 2.75) is 32.1 Å². The number of pyridine rings is 1. The van der Waals surface area contributed by atoms with Gasteiger partial charge in [-0.05, 0) is 19.1 Å². The van der Waals surface area contributed by atoms with Crippen LogP contribution in [0.1, 0.15) is 20.3 Å². The molecule has 10 heteroatoms. The Labute approximate surface area is 135 Å². The van der Waals surface area contributed by atoms with Gasteiger partial charge in [0.1, 0.15) is 0 Å². The van der Waals surface area contributed by atoms with Gasteiger partial charge in [0.05, 0.1) is 12.3 Å². The number of hydrogen-bond acceptors (Lipinski definition) is 5. The Morgan fingerprint density at radius 3 is 2.48 bits per heavy atom. The first kappa shape index (κ1) is 19.0. The minimum atomic E-state index is -5.19. The summed E-state index contributed by atoms with van der Waals surface area (Å²) in [6, 6.07) is 2.51. The van der Waals surface area contributed by atoms with E-state index in [1.165, 1.54) is 32.2 Å². The molecule has 0 saturated carbocycles. The quantitative estimate of drug-likeness (QED) is 0.466. The van der Waals surface area contributed by atoms with Crippen molar-refractivity contribution in [3.63, 3.8) is 0 Å². The number of carbonyl (C=O) groups is 2. The molecule has 1 unspecified atom stereocenters. The minimum absolute atomic E-state index is 0.264. The summed E-state index contributed by atoms with van der Waals surface area (Å²) in [5, 5.41) is 3.27.